The zero-order valence-electron chi connectivity index (χ0n) is 23.4. The fraction of sp³-hybridized carbons (Fsp3) is 0.333. The number of hydrogen-bond donors (Lipinski definition) is 3. The molecule has 1 atom stereocenters. The molecule has 0 spiro atoms. The molecular weight excluding hydrogens is 544 g/mol. The predicted octanol–water partition coefficient (Wildman–Crippen LogP) is 4.29. The Morgan fingerprint density at radius 2 is 1.60 bits per heavy atom. The fourth-order valence-corrected chi connectivity index (χ4v) is 7.06. The van der Waals surface area contributed by atoms with Gasteiger partial charge in [-0.15, -0.1) is 11.8 Å². The molecule has 3 aromatic carbocycles. The zero-order chi connectivity index (χ0) is 29.3. The number of rotatable bonds is 7. The molecule has 8 nitrogen and oxygen atoms in total. The van der Waals surface area contributed by atoms with Crippen LogP contribution in [0.4, 0.5) is 5.69 Å². The van der Waals surface area contributed by atoms with Crippen LogP contribution < -0.4 is 20.7 Å². The maximum absolute atomic E-state index is 13.7. The molecule has 4 N–H and O–H groups in total. The van der Waals surface area contributed by atoms with Gasteiger partial charge in [0.15, 0.2) is 0 Å². The Labute approximate surface area is 240 Å². The van der Waals surface area contributed by atoms with Crippen LogP contribution >= 0.6 is 11.8 Å². The van der Waals surface area contributed by atoms with Crippen LogP contribution in [0.3, 0.4) is 0 Å². The van der Waals surface area contributed by atoms with Crippen molar-refractivity contribution in [3.63, 3.8) is 0 Å². The number of sulfonamides is 1. The quantitative estimate of drug-likeness (QED) is 0.383. The number of fused-ring (bicyclic) bond motifs is 1. The van der Waals surface area contributed by atoms with Gasteiger partial charge in [-0.25, -0.2) is 13.1 Å². The summed E-state index contributed by atoms with van der Waals surface area (Å²) in [6.07, 6.45) is 0. The summed E-state index contributed by atoms with van der Waals surface area (Å²) < 4.78 is 29.0. The SMILES string of the molecule is CC(C)(C)NS(=O)(=O)c1ccccc1-c1ccc(CN2C(=O)[C@H](NC(=O)C(C)(C)N)CSc3ccccc32)cc1. The molecule has 0 saturated heterocycles. The molecular formula is C30H36N4O4S2. The van der Waals surface area contributed by atoms with Crippen molar-refractivity contribution in [3.8, 4) is 11.1 Å². The molecule has 0 fully saturated rings. The second kappa shape index (κ2) is 11.4. The number of thioether (sulfide) groups is 1. The minimum atomic E-state index is -3.75. The van der Waals surface area contributed by atoms with E-state index >= 15 is 0 Å². The third-order valence-corrected chi connectivity index (χ3v) is 9.21. The average Bonchev–Trinajstić information content (AvgIpc) is 3.00. The molecule has 212 valence electrons. The molecule has 4 rings (SSSR count). The van der Waals surface area contributed by atoms with Crippen molar-refractivity contribution < 1.29 is 18.0 Å². The standard InChI is InChI=1S/C30H36N4O4S2/c1-29(2,3)33-40(37,38)26-13-9-6-10-22(26)21-16-14-20(15-17-21)18-34-24-11-7-8-12-25(24)39-19-23(27(34)35)32-28(36)30(4,5)31/h6-17,23,33H,18-19,31H2,1-5H3,(H,32,36)/t23-/m1/s1. The van der Waals surface area contributed by atoms with Crippen LogP contribution in [0.15, 0.2) is 82.6 Å². The maximum atomic E-state index is 13.7. The highest BCUT2D eigenvalue weighted by atomic mass is 32.2. The van der Waals surface area contributed by atoms with Crippen LogP contribution in [-0.4, -0.2) is 43.1 Å². The number of hydrogen-bond acceptors (Lipinski definition) is 6. The summed E-state index contributed by atoms with van der Waals surface area (Å²) >= 11 is 1.51. The highest BCUT2D eigenvalue weighted by Crippen LogP contribution is 2.35. The number of nitrogens with two attached hydrogens (primary N) is 1. The van der Waals surface area contributed by atoms with Crippen LogP contribution in [0.5, 0.6) is 0 Å². The van der Waals surface area contributed by atoms with E-state index in [0.717, 1.165) is 21.7 Å². The third-order valence-electron chi connectivity index (χ3n) is 6.24. The van der Waals surface area contributed by atoms with Crippen molar-refractivity contribution in [2.75, 3.05) is 10.7 Å². The summed E-state index contributed by atoms with van der Waals surface area (Å²) in [5.41, 5.74) is 7.19. The van der Waals surface area contributed by atoms with Gasteiger partial charge < -0.3 is 16.0 Å². The first-order chi connectivity index (χ1) is 18.7. The van der Waals surface area contributed by atoms with E-state index < -0.39 is 33.1 Å². The number of nitrogens with one attached hydrogen (secondary N) is 2. The number of amides is 2. The van der Waals surface area contributed by atoms with E-state index in [1.165, 1.54) is 11.8 Å². The predicted molar refractivity (Wildman–Crippen MR) is 161 cm³/mol. The molecule has 0 bridgehead atoms. The summed E-state index contributed by atoms with van der Waals surface area (Å²) in [6, 6.07) is 21.3. The van der Waals surface area contributed by atoms with Gasteiger partial charge >= 0.3 is 0 Å². The van der Waals surface area contributed by atoms with Gasteiger partial charge in [-0.1, -0.05) is 54.6 Å². The van der Waals surface area contributed by atoms with E-state index in [1.807, 2.05) is 48.5 Å². The fourth-order valence-electron chi connectivity index (χ4n) is 4.33. The normalized spacial score (nSPS) is 16.3. The van der Waals surface area contributed by atoms with Crippen molar-refractivity contribution >= 4 is 39.3 Å². The van der Waals surface area contributed by atoms with Gasteiger partial charge in [-0.2, -0.15) is 0 Å². The van der Waals surface area contributed by atoms with Gasteiger partial charge in [-0.05, 0) is 63.9 Å². The van der Waals surface area contributed by atoms with Gasteiger partial charge in [0.25, 0.3) is 5.91 Å². The Morgan fingerprint density at radius 3 is 2.25 bits per heavy atom. The molecule has 0 aromatic heterocycles. The van der Waals surface area contributed by atoms with Crippen LogP contribution in [0.2, 0.25) is 0 Å². The van der Waals surface area contributed by atoms with Gasteiger partial charge in [0.05, 0.1) is 22.7 Å². The lowest BCUT2D eigenvalue weighted by molar-refractivity contribution is -0.129. The number of carbonyl (C=O) groups excluding carboxylic acids is 2. The molecule has 3 aromatic rings. The molecule has 0 aliphatic carbocycles. The highest BCUT2D eigenvalue weighted by Gasteiger charge is 2.34. The van der Waals surface area contributed by atoms with E-state index in [-0.39, 0.29) is 17.3 Å². The lowest BCUT2D eigenvalue weighted by Gasteiger charge is -2.28. The van der Waals surface area contributed by atoms with Gasteiger partial charge in [0.2, 0.25) is 15.9 Å². The van der Waals surface area contributed by atoms with E-state index in [4.69, 9.17) is 5.73 Å². The molecule has 2 amide bonds. The first-order valence-corrected chi connectivity index (χ1v) is 15.5. The smallest absolute Gasteiger partial charge is 0.250 e. The summed E-state index contributed by atoms with van der Waals surface area (Å²) in [7, 11) is -3.75. The minimum absolute atomic E-state index is 0.202. The second-order valence-electron chi connectivity index (χ2n) is 11.5. The number of carbonyl (C=O) groups is 2. The van der Waals surface area contributed by atoms with E-state index in [1.54, 1.807) is 63.8 Å². The molecule has 0 unspecified atom stereocenters. The largest absolute Gasteiger partial charge is 0.342 e. The van der Waals surface area contributed by atoms with Gasteiger partial charge in [0.1, 0.15) is 6.04 Å². The molecule has 10 heteroatoms. The molecule has 0 radical (unpaired) electrons. The van der Waals surface area contributed by atoms with Gasteiger partial charge in [0, 0.05) is 21.8 Å². The highest BCUT2D eigenvalue weighted by molar-refractivity contribution is 7.99. The number of anilines is 1. The maximum Gasteiger partial charge on any atom is 0.250 e. The first-order valence-electron chi connectivity index (χ1n) is 13.0. The average molecular weight is 581 g/mol. The third kappa shape index (κ3) is 6.93. The summed E-state index contributed by atoms with van der Waals surface area (Å²) in [5, 5.41) is 2.83. The second-order valence-corrected chi connectivity index (χ2v) is 14.2. The van der Waals surface area contributed by atoms with Crippen molar-refractivity contribution in [2.24, 2.45) is 5.73 Å². The number of para-hydroxylation sites is 1. The lowest BCUT2D eigenvalue weighted by Crippen LogP contribution is -2.56. The Balaban J connectivity index is 1.63. The Kier molecular flexibility index (Phi) is 8.46. The zero-order valence-corrected chi connectivity index (χ0v) is 25.0. The topological polar surface area (TPSA) is 122 Å². The molecule has 1 aliphatic heterocycles. The van der Waals surface area contributed by atoms with Crippen molar-refractivity contribution in [2.45, 2.75) is 68.1 Å². The van der Waals surface area contributed by atoms with E-state index in [0.29, 0.717) is 11.3 Å². The minimum Gasteiger partial charge on any atom is -0.342 e. The van der Waals surface area contributed by atoms with E-state index in [9.17, 15) is 18.0 Å². The molecule has 1 heterocycles. The van der Waals surface area contributed by atoms with Crippen LogP contribution in [0.25, 0.3) is 11.1 Å². The number of benzene rings is 3. The summed E-state index contributed by atoms with van der Waals surface area (Å²) in [5.74, 6) is -0.221. The van der Waals surface area contributed by atoms with Crippen molar-refractivity contribution in [3.05, 3.63) is 78.4 Å². The molecule has 40 heavy (non-hydrogen) atoms. The van der Waals surface area contributed by atoms with Crippen LogP contribution in [0, 0.1) is 0 Å². The molecule has 1 aliphatic rings. The Bertz CT molecular complexity index is 1510. The summed E-state index contributed by atoms with van der Waals surface area (Å²) in [4.78, 5) is 29.2. The van der Waals surface area contributed by atoms with Gasteiger partial charge in [-0.3, -0.25) is 9.59 Å². The number of nitrogens with zero attached hydrogens (tertiary/aromatic N) is 1. The van der Waals surface area contributed by atoms with Crippen LogP contribution in [-0.2, 0) is 26.2 Å². The lowest BCUT2D eigenvalue weighted by atomic mass is 10.0. The monoisotopic (exact) mass is 580 g/mol. The summed E-state index contributed by atoms with van der Waals surface area (Å²) in [6.45, 7) is 8.89. The Hall–Kier alpha value is -3.18. The van der Waals surface area contributed by atoms with Crippen molar-refractivity contribution in [1.82, 2.24) is 10.0 Å². The van der Waals surface area contributed by atoms with E-state index in [2.05, 4.69) is 10.0 Å². The first kappa shape index (κ1) is 29.8. The molecule has 0 saturated carbocycles. The van der Waals surface area contributed by atoms with Crippen LogP contribution in [0.1, 0.15) is 40.2 Å². The van der Waals surface area contributed by atoms with Crippen molar-refractivity contribution in [1.29, 1.82) is 0 Å². The Morgan fingerprint density at radius 1 is 0.975 bits per heavy atom.